The predicted molar refractivity (Wildman–Crippen MR) is 75.1 cm³/mol. The number of aromatic nitrogens is 2. The van der Waals surface area contributed by atoms with E-state index in [1.807, 2.05) is 6.92 Å². The summed E-state index contributed by atoms with van der Waals surface area (Å²) in [5, 5.41) is 11.3. The molecule has 0 bridgehead atoms. The average molecular weight is 267 g/mol. The molecule has 2 aromatic rings. The van der Waals surface area contributed by atoms with Crippen LogP contribution >= 0.6 is 0 Å². The second kappa shape index (κ2) is 6.45. The number of aliphatic hydroxyl groups is 1. The lowest BCUT2D eigenvalue weighted by atomic mass is 10.2. The molecule has 0 unspecified atom stereocenters. The molecular weight excluding hydrogens is 254 g/mol. The minimum Gasteiger partial charge on any atom is -0.384 e. The van der Waals surface area contributed by atoms with Crippen LogP contribution in [0.2, 0.25) is 0 Å². The van der Waals surface area contributed by atoms with Crippen LogP contribution in [0.15, 0.2) is 36.7 Å². The molecule has 1 amide bonds. The van der Waals surface area contributed by atoms with Crippen LogP contribution in [0.25, 0.3) is 0 Å². The van der Waals surface area contributed by atoms with Gasteiger partial charge in [0.1, 0.15) is 18.1 Å². The molecular formula is C15H13N3O2. The van der Waals surface area contributed by atoms with Crippen molar-refractivity contribution in [1.29, 1.82) is 0 Å². The van der Waals surface area contributed by atoms with E-state index < -0.39 is 0 Å². The van der Waals surface area contributed by atoms with E-state index in [0.29, 0.717) is 17.1 Å². The van der Waals surface area contributed by atoms with Gasteiger partial charge >= 0.3 is 0 Å². The van der Waals surface area contributed by atoms with Gasteiger partial charge in [-0.2, -0.15) is 0 Å². The van der Waals surface area contributed by atoms with Crippen LogP contribution in [0.4, 0.5) is 5.82 Å². The highest BCUT2D eigenvalue weighted by atomic mass is 16.2. The Bertz CT molecular complexity index is 687. The molecule has 20 heavy (non-hydrogen) atoms. The van der Waals surface area contributed by atoms with Gasteiger partial charge < -0.3 is 10.4 Å². The molecule has 100 valence electrons. The summed E-state index contributed by atoms with van der Waals surface area (Å²) in [7, 11) is 0. The summed E-state index contributed by atoms with van der Waals surface area (Å²) in [6.45, 7) is 1.64. The minimum atomic E-state index is -0.277. The quantitative estimate of drug-likeness (QED) is 0.806. The first-order valence-corrected chi connectivity index (χ1v) is 5.99. The zero-order valence-electron chi connectivity index (χ0n) is 10.9. The maximum Gasteiger partial charge on any atom is 0.258 e. The topological polar surface area (TPSA) is 75.1 Å². The van der Waals surface area contributed by atoms with Gasteiger partial charge in [-0.3, -0.25) is 9.78 Å². The number of anilines is 1. The molecule has 5 nitrogen and oxygen atoms in total. The maximum atomic E-state index is 12.0. The Kier molecular flexibility index (Phi) is 4.43. The monoisotopic (exact) mass is 267 g/mol. The number of pyridine rings is 2. The largest absolute Gasteiger partial charge is 0.384 e. The van der Waals surface area contributed by atoms with E-state index in [2.05, 4.69) is 27.1 Å². The summed E-state index contributed by atoms with van der Waals surface area (Å²) < 4.78 is 0. The normalized spacial score (nSPS) is 9.50. The Morgan fingerprint density at radius 3 is 3.00 bits per heavy atom. The van der Waals surface area contributed by atoms with E-state index in [1.54, 1.807) is 30.5 Å². The number of carbonyl (C=O) groups is 1. The zero-order valence-corrected chi connectivity index (χ0v) is 10.9. The van der Waals surface area contributed by atoms with Crippen LogP contribution in [0.5, 0.6) is 0 Å². The highest BCUT2D eigenvalue weighted by Crippen LogP contribution is 2.08. The maximum absolute atomic E-state index is 12.0. The summed E-state index contributed by atoms with van der Waals surface area (Å²) in [6, 6.07) is 6.86. The lowest BCUT2D eigenvalue weighted by Gasteiger charge is -2.05. The van der Waals surface area contributed by atoms with Gasteiger partial charge in [0.15, 0.2) is 0 Å². The molecule has 0 aliphatic carbocycles. The smallest absolute Gasteiger partial charge is 0.258 e. The number of rotatable bonds is 2. The van der Waals surface area contributed by atoms with E-state index in [-0.39, 0.29) is 12.5 Å². The Balaban J connectivity index is 2.15. The molecule has 0 spiro atoms. The number of aliphatic hydroxyl groups excluding tert-OH is 1. The number of carbonyl (C=O) groups excluding carboxylic acids is 1. The standard InChI is InChI=1S/C15H13N3O2/c1-11-8-12(10-16-9-11)15(20)18-14-6-2-4-13(17-14)5-3-7-19/h2,4,6,8-10,19H,7H2,1H3,(H,17,18,20). The summed E-state index contributed by atoms with van der Waals surface area (Å²) in [4.78, 5) is 20.2. The van der Waals surface area contributed by atoms with E-state index in [1.165, 1.54) is 6.20 Å². The van der Waals surface area contributed by atoms with Crippen LogP contribution in [-0.4, -0.2) is 27.6 Å². The van der Waals surface area contributed by atoms with Crippen molar-refractivity contribution < 1.29 is 9.90 Å². The Morgan fingerprint density at radius 2 is 2.25 bits per heavy atom. The van der Waals surface area contributed by atoms with Crippen molar-refractivity contribution in [2.75, 3.05) is 11.9 Å². The Labute approximate surface area is 116 Å². The van der Waals surface area contributed by atoms with Gasteiger partial charge in [0.2, 0.25) is 0 Å². The summed E-state index contributed by atoms with van der Waals surface area (Å²) in [5.74, 6) is 5.31. The Morgan fingerprint density at radius 1 is 1.40 bits per heavy atom. The predicted octanol–water partition coefficient (Wildman–Crippen LogP) is 1.38. The lowest BCUT2D eigenvalue weighted by molar-refractivity contribution is 0.102. The van der Waals surface area contributed by atoms with Crippen LogP contribution in [0.1, 0.15) is 21.6 Å². The summed E-state index contributed by atoms with van der Waals surface area (Å²) in [5.41, 5.74) is 1.87. The molecule has 0 fully saturated rings. The molecule has 2 aromatic heterocycles. The average Bonchev–Trinajstić information content (AvgIpc) is 2.45. The van der Waals surface area contributed by atoms with Gasteiger partial charge in [-0.05, 0) is 36.6 Å². The number of nitrogens with zero attached hydrogens (tertiary/aromatic N) is 2. The highest BCUT2D eigenvalue weighted by molar-refractivity contribution is 6.03. The third-order valence-corrected chi connectivity index (χ3v) is 2.42. The van der Waals surface area contributed by atoms with Crippen molar-refractivity contribution in [2.45, 2.75) is 6.92 Å². The van der Waals surface area contributed by atoms with Crippen LogP contribution < -0.4 is 5.32 Å². The third-order valence-electron chi connectivity index (χ3n) is 2.42. The number of nitrogens with one attached hydrogen (secondary N) is 1. The second-order valence-corrected chi connectivity index (χ2v) is 4.07. The van der Waals surface area contributed by atoms with Crippen LogP contribution in [0, 0.1) is 18.8 Å². The molecule has 2 N–H and O–H groups in total. The SMILES string of the molecule is Cc1cncc(C(=O)Nc2cccc(C#CCO)n2)c1. The molecule has 0 aliphatic rings. The highest BCUT2D eigenvalue weighted by Gasteiger charge is 2.07. The van der Waals surface area contributed by atoms with Gasteiger partial charge in [-0.1, -0.05) is 12.0 Å². The molecule has 0 saturated carbocycles. The molecule has 0 aliphatic heterocycles. The van der Waals surface area contributed by atoms with Gasteiger partial charge in [-0.15, -0.1) is 0 Å². The van der Waals surface area contributed by atoms with E-state index >= 15 is 0 Å². The van der Waals surface area contributed by atoms with Crippen LogP contribution in [-0.2, 0) is 0 Å². The molecule has 0 atom stereocenters. The molecule has 0 saturated heterocycles. The van der Waals surface area contributed by atoms with Gasteiger partial charge in [0, 0.05) is 12.4 Å². The third kappa shape index (κ3) is 3.64. The van der Waals surface area contributed by atoms with E-state index in [9.17, 15) is 4.79 Å². The lowest BCUT2D eigenvalue weighted by Crippen LogP contribution is -2.13. The van der Waals surface area contributed by atoms with Crippen molar-refractivity contribution in [3.05, 3.63) is 53.5 Å². The van der Waals surface area contributed by atoms with Crippen molar-refractivity contribution in [1.82, 2.24) is 9.97 Å². The number of amides is 1. The molecule has 2 rings (SSSR count). The fourth-order valence-electron chi connectivity index (χ4n) is 1.57. The van der Waals surface area contributed by atoms with Gasteiger partial charge in [0.25, 0.3) is 5.91 Å². The fraction of sp³-hybridized carbons (Fsp3) is 0.133. The van der Waals surface area contributed by atoms with Gasteiger partial charge in [-0.25, -0.2) is 4.98 Å². The first-order valence-electron chi connectivity index (χ1n) is 5.99. The second-order valence-electron chi connectivity index (χ2n) is 4.07. The van der Waals surface area contributed by atoms with Crippen molar-refractivity contribution in [2.24, 2.45) is 0 Å². The summed E-state index contributed by atoms with van der Waals surface area (Å²) >= 11 is 0. The van der Waals surface area contributed by atoms with Crippen LogP contribution in [0.3, 0.4) is 0 Å². The Hall–Kier alpha value is -2.71. The molecule has 2 heterocycles. The molecule has 0 aromatic carbocycles. The number of hydrogen-bond acceptors (Lipinski definition) is 4. The number of hydrogen-bond donors (Lipinski definition) is 2. The fourth-order valence-corrected chi connectivity index (χ4v) is 1.57. The van der Waals surface area contributed by atoms with Crippen molar-refractivity contribution in [3.63, 3.8) is 0 Å². The summed E-state index contributed by atoms with van der Waals surface area (Å²) in [6.07, 6.45) is 3.18. The first-order chi connectivity index (χ1) is 9.69. The minimum absolute atomic E-state index is 0.229. The van der Waals surface area contributed by atoms with E-state index in [0.717, 1.165) is 5.56 Å². The molecule has 0 radical (unpaired) electrons. The van der Waals surface area contributed by atoms with Gasteiger partial charge in [0.05, 0.1) is 5.56 Å². The zero-order chi connectivity index (χ0) is 14.4. The number of aryl methyl sites for hydroxylation is 1. The van der Waals surface area contributed by atoms with Crippen molar-refractivity contribution in [3.8, 4) is 11.8 Å². The molecule has 5 heteroatoms. The van der Waals surface area contributed by atoms with Crippen molar-refractivity contribution >= 4 is 11.7 Å². The van der Waals surface area contributed by atoms with E-state index in [4.69, 9.17) is 5.11 Å². The first kappa shape index (κ1) is 13.7.